The van der Waals surface area contributed by atoms with Crippen LogP contribution < -0.4 is 11.3 Å². The Hall–Kier alpha value is -2.51. The Balaban J connectivity index is 2.82. The van der Waals surface area contributed by atoms with Crippen molar-refractivity contribution >= 4 is 23.1 Å². The van der Waals surface area contributed by atoms with Crippen molar-refractivity contribution < 1.29 is 9.90 Å². The zero-order chi connectivity index (χ0) is 11.0. The third kappa shape index (κ3) is 1.47. The first-order valence-electron chi connectivity index (χ1n) is 3.84. The van der Waals surface area contributed by atoms with E-state index in [1.165, 1.54) is 6.20 Å². The fourth-order valence-electron chi connectivity index (χ4n) is 1.05. The number of hydrogen-bond acceptors (Lipinski definition) is 6. The summed E-state index contributed by atoms with van der Waals surface area (Å²) in [5.74, 6) is -1.43. The first kappa shape index (κ1) is 9.06. The van der Waals surface area contributed by atoms with E-state index in [2.05, 4.69) is 19.9 Å². The van der Waals surface area contributed by atoms with Crippen molar-refractivity contribution in [2.75, 3.05) is 5.73 Å². The highest BCUT2D eigenvalue weighted by molar-refractivity contribution is 5.87. The van der Waals surface area contributed by atoms with E-state index in [-0.39, 0.29) is 17.1 Å². The molecule has 4 N–H and O–H groups in total. The molecule has 15 heavy (non-hydrogen) atoms. The normalized spacial score (nSPS) is 10.4. The Kier molecular flexibility index (Phi) is 1.82. The summed E-state index contributed by atoms with van der Waals surface area (Å²) in [6, 6.07) is 0. The molecule has 0 aromatic carbocycles. The Labute approximate surface area is 81.8 Å². The topological polar surface area (TPSA) is 135 Å². The van der Waals surface area contributed by atoms with Crippen LogP contribution >= 0.6 is 0 Å². The van der Waals surface area contributed by atoms with Crippen molar-refractivity contribution in [1.82, 2.24) is 19.9 Å². The average molecular weight is 207 g/mol. The molecule has 8 nitrogen and oxygen atoms in total. The predicted molar refractivity (Wildman–Crippen MR) is 49.3 cm³/mol. The lowest BCUT2D eigenvalue weighted by molar-refractivity contribution is 0.0689. The molecule has 0 aliphatic carbocycles. The van der Waals surface area contributed by atoms with Gasteiger partial charge >= 0.3 is 5.97 Å². The van der Waals surface area contributed by atoms with Crippen molar-refractivity contribution in [3.05, 3.63) is 22.2 Å². The predicted octanol–water partition coefficient (Wildman–Crippen LogP) is -1.01. The summed E-state index contributed by atoms with van der Waals surface area (Å²) in [5, 5.41) is 8.63. The third-order valence-corrected chi connectivity index (χ3v) is 1.67. The molecule has 0 fully saturated rings. The minimum absolute atomic E-state index is 0.0250. The van der Waals surface area contributed by atoms with Crippen LogP contribution in [0.25, 0.3) is 11.2 Å². The molecule has 2 rings (SSSR count). The van der Waals surface area contributed by atoms with Crippen LogP contribution in [0.4, 0.5) is 5.95 Å². The number of nitrogen functional groups attached to an aromatic ring is 1. The van der Waals surface area contributed by atoms with E-state index in [9.17, 15) is 9.59 Å². The number of carboxylic acids is 1. The molecule has 0 radical (unpaired) electrons. The van der Waals surface area contributed by atoms with Gasteiger partial charge in [0.15, 0.2) is 5.65 Å². The molecule has 8 heteroatoms. The summed E-state index contributed by atoms with van der Waals surface area (Å²) in [4.78, 5) is 34.9. The lowest BCUT2D eigenvalue weighted by Crippen LogP contribution is -2.20. The minimum Gasteiger partial charge on any atom is -0.476 e. The number of aromatic nitrogens is 4. The molecule has 0 saturated carbocycles. The zero-order valence-corrected chi connectivity index (χ0v) is 7.26. The van der Waals surface area contributed by atoms with Crippen molar-refractivity contribution in [3.63, 3.8) is 0 Å². The van der Waals surface area contributed by atoms with Gasteiger partial charge in [0.2, 0.25) is 11.6 Å². The largest absolute Gasteiger partial charge is 0.476 e. The summed E-state index contributed by atoms with van der Waals surface area (Å²) < 4.78 is 0. The summed E-state index contributed by atoms with van der Waals surface area (Å²) in [5.41, 5.74) is 4.13. The molecule has 0 saturated heterocycles. The van der Waals surface area contributed by atoms with Crippen LogP contribution in [-0.2, 0) is 0 Å². The van der Waals surface area contributed by atoms with Gasteiger partial charge in [-0.05, 0) is 0 Å². The summed E-state index contributed by atoms with van der Waals surface area (Å²) in [6.07, 6.45) is 1.24. The first-order valence-corrected chi connectivity index (χ1v) is 3.84. The number of fused-ring (bicyclic) bond motifs is 1. The van der Waals surface area contributed by atoms with Gasteiger partial charge in [-0.2, -0.15) is 4.98 Å². The number of carbonyl (C=O) groups is 1. The number of hydrogen-bond donors (Lipinski definition) is 3. The second-order valence-electron chi connectivity index (χ2n) is 2.68. The summed E-state index contributed by atoms with van der Waals surface area (Å²) in [6.45, 7) is 0. The van der Waals surface area contributed by atoms with Crippen LogP contribution in [0, 0.1) is 0 Å². The average Bonchev–Trinajstić information content (AvgIpc) is 2.15. The second-order valence-corrected chi connectivity index (χ2v) is 2.68. The molecule has 2 aromatic heterocycles. The Morgan fingerprint density at radius 2 is 2.20 bits per heavy atom. The van der Waals surface area contributed by atoms with Crippen LogP contribution in [-0.4, -0.2) is 31.0 Å². The maximum atomic E-state index is 11.2. The SMILES string of the molecule is Nc1ncc2nc(C(=O)O)c(=O)[nH]c2n1. The van der Waals surface area contributed by atoms with E-state index < -0.39 is 17.2 Å². The highest BCUT2D eigenvalue weighted by atomic mass is 16.4. The molecule has 0 aliphatic rings. The number of rotatable bonds is 1. The van der Waals surface area contributed by atoms with Gasteiger partial charge in [0, 0.05) is 0 Å². The van der Waals surface area contributed by atoms with Gasteiger partial charge < -0.3 is 15.8 Å². The van der Waals surface area contributed by atoms with Gasteiger partial charge in [0.05, 0.1) is 6.20 Å². The fourth-order valence-corrected chi connectivity index (χ4v) is 1.05. The zero-order valence-electron chi connectivity index (χ0n) is 7.26. The van der Waals surface area contributed by atoms with Crippen molar-refractivity contribution in [1.29, 1.82) is 0 Å². The maximum absolute atomic E-state index is 11.2. The van der Waals surface area contributed by atoms with E-state index >= 15 is 0 Å². The third-order valence-electron chi connectivity index (χ3n) is 1.67. The summed E-state index contributed by atoms with van der Waals surface area (Å²) >= 11 is 0. The highest BCUT2D eigenvalue weighted by Crippen LogP contribution is 2.03. The van der Waals surface area contributed by atoms with E-state index in [0.29, 0.717) is 0 Å². The number of nitrogens with two attached hydrogens (primary N) is 1. The molecule has 0 amide bonds. The Bertz CT molecular complexity index is 605. The first-order chi connectivity index (χ1) is 7.08. The number of anilines is 1. The summed E-state index contributed by atoms with van der Waals surface area (Å²) in [7, 11) is 0. The second kappa shape index (κ2) is 3.01. The van der Waals surface area contributed by atoms with Crippen molar-refractivity contribution in [3.8, 4) is 0 Å². The lowest BCUT2D eigenvalue weighted by atomic mass is 10.4. The smallest absolute Gasteiger partial charge is 0.360 e. The van der Waals surface area contributed by atoms with Gasteiger partial charge in [-0.1, -0.05) is 0 Å². The van der Waals surface area contributed by atoms with Crippen molar-refractivity contribution in [2.45, 2.75) is 0 Å². The Morgan fingerprint density at radius 1 is 1.47 bits per heavy atom. The van der Waals surface area contributed by atoms with Gasteiger partial charge in [-0.15, -0.1) is 0 Å². The molecule has 0 bridgehead atoms. The monoisotopic (exact) mass is 207 g/mol. The van der Waals surface area contributed by atoms with E-state index in [4.69, 9.17) is 10.8 Å². The number of aromatic carboxylic acids is 1. The van der Waals surface area contributed by atoms with Gasteiger partial charge in [0.1, 0.15) is 5.52 Å². The number of nitrogens with zero attached hydrogens (tertiary/aromatic N) is 3. The molecule has 0 atom stereocenters. The number of H-pyrrole nitrogens is 1. The molecular weight excluding hydrogens is 202 g/mol. The number of carboxylic acid groups (broad SMARTS) is 1. The van der Waals surface area contributed by atoms with E-state index in [1.807, 2.05) is 0 Å². The van der Waals surface area contributed by atoms with Crippen LogP contribution in [0.2, 0.25) is 0 Å². The molecule has 0 aliphatic heterocycles. The Morgan fingerprint density at radius 3 is 2.87 bits per heavy atom. The van der Waals surface area contributed by atoms with Gasteiger partial charge in [-0.3, -0.25) is 4.79 Å². The van der Waals surface area contributed by atoms with Crippen molar-refractivity contribution in [2.24, 2.45) is 0 Å². The lowest BCUT2D eigenvalue weighted by Gasteiger charge is -1.98. The molecular formula is C7H5N5O3. The molecule has 2 aromatic rings. The standard InChI is InChI=1S/C7H5N5O3/c8-7-9-1-2-4(12-7)11-5(13)3(10-2)6(14)15/h1H,(H,14,15)(H3,8,9,11,12,13). The van der Waals surface area contributed by atoms with E-state index in [0.717, 1.165) is 0 Å². The minimum atomic E-state index is -1.41. The molecule has 0 spiro atoms. The van der Waals surface area contributed by atoms with Gasteiger partial charge in [-0.25, -0.2) is 14.8 Å². The van der Waals surface area contributed by atoms with Crippen LogP contribution in [0.5, 0.6) is 0 Å². The quantitative estimate of drug-likeness (QED) is 0.545. The molecule has 76 valence electrons. The number of aromatic amines is 1. The van der Waals surface area contributed by atoms with Crippen LogP contribution in [0.15, 0.2) is 11.0 Å². The van der Waals surface area contributed by atoms with E-state index in [1.54, 1.807) is 0 Å². The molecule has 0 unspecified atom stereocenters. The van der Waals surface area contributed by atoms with Crippen LogP contribution in [0.1, 0.15) is 10.5 Å². The molecule has 2 heterocycles. The number of nitrogens with one attached hydrogen (secondary N) is 1. The van der Waals surface area contributed by atoms with Gasteiger partial charge in [0.25, 0.3) is 5.56 Å². The van der Waals surface area contributed by atoms with Crippen LogP contribution in [0.3, 0.4) is 0 Å². The maximum Gasteiger partial charge on any atom is 0.360 e. The highest BCUT2D eigenvalue weighted by Gasteiger charge is 2.12. The fraction of sp³-hybridized carbons (Fsp3) is 0.